The Bertz CT molecular complexity index is 1690. The Morgan fingerprint density at radius 1 is 0.842 bits per heavy atom. The molecule has 1 amide bonds. The lowest BCUT2D eigenvalue weighted by Gasteiger charge is -2.15. The molecule has 0 unspecified atom stereocenters. The minimum Gasteiger partial charge on any atom is -0.354 e. The number of aromatic amines is 1. The number of nitro groups is 1. The van der Waals surface area contributed by atoms with Crippen LogP contribution in [0, 0.1) is 10.1 Å². The number of fused-ring (bicyclic) bond motifs is 1. The molecule has 0 saturated carbocycles. The molecule has 0 spiro atoms. The second-order valence-corrected chi connectivity index (χ2v) is 8.76. The van der Waals surface area contributed by atoms with E-state index in [-0.39, 0.29) is 11.6 Å². The zero-order valence-electron chi connectivity index (χ0n) is 20.0. The fraction of sp³-hybridized carbons (Fsp3) is 0. The maximum absolute atomic E-state index is 13.1. The maximum Gasteiger partial charge on any atom is 0.270 e. The van der Waals surface area contributed by atoms with E-state index in [0.717, 1.165) is 33.9 Å². The highest BCUT2D eigenvalue weighted by Crippen LogP contribution is 2.39. The molecule has 0 aliphatic carbocycles. The number of H-pyrrole nitrogens is 1. The first kappa shape index (κ1) is 22.9. The third kappa shape index (κ3) is 4.31. The van der Waals surface area contributed by atoms with Crippen molar-refractivity contribution in [2.75, 3.05) is 10.6 Å². The second-order valence-electron chi connectivity index (χ2n) is 8.76. The molecule has 1 aliphatic rings. The normalized spacial score (nSPS) is 13.5. The molecule has 8 nitrogen and oxygen atoms in total. The van der Waals surface area contributed by atoms with Crippen LogP contribution in [0.2, 0.25) is 0 Å². The number of carbonyl (C=O) groups is 1. The fourth-order valence-electron chi connectivity index (χ4n) is 4.48. The highest BCUT2D eigenvalue weighted by molar-refractivity contribution is 6.37. The molecule has 3 N–H and O–H groups in total. The van der Waals surface area contributed by atoms with E-state index < -0.39 is 4.92 Å². The van der Waals surface area contributed by atoms with Crippen LogP contribution in [-0.4, -0.2) is 20.8 Å². The van der Waals surface area contributed by atoms with Crippen molar-refractivity contribution in [3.8, 4) is 22.6 Å². The lowest BCUT2D eigenvalue weighted by Crippen LogP contribution is -2.10. The fourth-order valence-corrected chi connectivity index (χ4v) is 4.48. The van der Waals surface area contributed by atoms with Gasteiger partial charge in [-0.2, -0.15) is 0 Å². The Labute approximate surface area is 217 Å². The largest absolute Gasteiger partial charge is 0.354 e. The van der Waals surface area contributed by atoms with Gasteiger partial charge in [-0.3, -0.25) is 14.9 Å². The third-order valence-corrected chi connectivity index (χ3v) is 6.35. The first-order chi connectivity index (χ1) is 18.6. The van der Waals surface area contributed by atoms with Gasteiger partial charge in [0.15, 0.2) is 0 Å². The number of rotatable bonds is 6. The van der Waals surface area contributed by atoms with Crippen LogP contribution in [0.5, 0.6) is 0 Å². The summed E-state index contributed by atoms with van der Waals surface area (Å²) in [7, 11) is 0. The summed E-state index contributed by atoms with van der Waals surface area (Å²) in [5.74, 6) is 0.465. The van der Waals surface area contributed by atoms with Crippen LogP contribution in [-0.2, 0) is 4.79 Å². The number of benzene rings is 4. The molecule has 4 aromatic carbocycles. The van der Waals surface area contributed by atoms with Gasteiger partial charge in [-0.15, -0.1) is 0 Å². The van der Waals surface area contributed by atoms with Gasteiger partial charge in [-0.1, -0.05) is 72.8 Å². The standard InChI is InChI=1S/C30H21N5O3/c36-30-27(24-17-23(35(37)38)15-16-25(24)34-30)28(20-7-3-1-4-8-20)32-22-13-11-19(12-14-22)26-18-31-29(33-26)21-9-5-2-6-10-21/h1-18,32H,(H,31,33)(H,34,36)/b28-27-. The molecule has 184 valence electrons. The van der Waals surface area contributed by atoms with E-state index in [4.69, 9.17) is 4.98 Å². The number of non-ortho nitro benzene ring substituents is 1. The van der Waals surface area contributed by atoms with Crippen LogP contribution >= 0.6 is 0 Å². The SMILES string of the molecule is O=C1Nc2ccc([N+](=O)[O-])cc2/C1=C(/Nc1ccc(-c2c[nH]c(-c3ccccc3)n2)cc1)c1ccccc1. The van der Waals surface area contributed by atoms with Crippen LogP contribution < -0.4 is 10.6 Å². The molecule has 0 radical (unpaired) electrons. The quantitative estimate of drug-likeness (QED) is 0.139. The molecule has 0 saturated heterocycles. The van der Waals surface area contributed by atoms with Crippen LogP contribution in [0.15, 0.2) is 109 Å². The first-order valence-corrected chi connectivity index (χ1v) is 11.9. The van der Waals surface area contributed by atoms with Gasteiger partial charge in [-0.25, -0.2) is 4.98 Å². The van der Waals surface area contributed by atoms with Gasteiger partial charge in [0, 0.05) is 46.4 Å². The number of carbonyl (C=O) groups excluding carboxylic acids is 1. The average Bonchev–Trinajstić information content (AvgIpc) is 3.57. The Morgan fingerprint density at radius 3 is 2.26 bits per heavy atom. The second kappa shape index (κ2) is 9.51. The van der Waals surface area contributed by atoms with Gasteiger partial charge >= 0.3 is 0 Å². The summed E-state index contributed by atoms with van der Waals surface area (Å²) in [5, 5.41) is 17.6. The molecule has 6 rings (SSSR count). The van der Waals surface area contributed by atoms with E-state index in [1.54, 1.807) is 6.07 Å². The summed E-state index contributed by atoms with van der Waals surface area (Å²) < 4.78 is 0. The predicted molar refractivity (Wildman–Crippen MR) is 148 cm³/mol. The van der Waals surface area contributed by atoms with Crippen LogP contribution in [0.1, 0.15) is 11.1 Å². The lowest BCUT2D eigenvalue weighted by molar-refractivity contribution is -0.384. The van der Waals surface area contributed by atoms with Crippen molar-refractivity contribution in [2.45, 2.75) is 0 Å². The summed E-state index contributed by atoms with van der Waals surface area (Å²) in [4.78, 5) is 32.0. The van der Waals surface area contributed by atoms with Crippen molar-refractivity contribution in [3.63, 3.8) is 0 Å². The minimum absolute atomic E-state index is 0.0802. The Morgan fingerprint density at radius 2 is 1.55 bits per heavy atom. The highest BCUT2D eigenvalue weighted by Gasteiger charge is 2.30. The van der Waals surface area contributed by atoms with E-state index >= 15 is 0 Å². The molecule has 38 heavy (non-hydrogen) atoms. The monoisotopic (exact) mass is 499 g/mol. The van der Waals surface area contributed by atoms with Crippen LogP contribution in [0.25, 0.3) is 33.9 Å². The molecule has 0 atom stereocenters. The number of aromatic nitrogens is 2. The molecule has 5 aromatic rings. The van der Waals surface area contributed by atoms with E-state index in [1.807, 2.05) is 91.1 Å². The summed E-state index contributed by atoms with van der Waals surface area (Å²) in [6.07, 6.45) is 1.87. The zero-order chi connectivity index (χ0) is 26.1. The highest BCUT2D eigenvalue weighted by atomic mass is 16.6. The number of nitrogens with zero attached hydrogens (tertiary/aromatic N) is 2. The number of nitro benzene ring substituents is 1. The third-order valence-electron chi connectivity index (χ3n) is 6.35. The number of hydrogen-bond donors (Lipinski definition) is 3. The molecule has 1 aliphatic heterocycles. The van der Waals surface area contributed by atoms with Gasteiger partial charge < -0.3 is 15.6 Å². The van der Waals surface area contributed by atoms with Gasteiger partial charge in [0.1, 0.15) is 5.82 Å². The molecular formula is C30H21N5O3. The first-order valence-electron chi connectivity index (χ1n) is 11.9. The van der Waals surface area contributed by atoms with Crippen molar-refractivity contribution in [1.82, 2.24) is 9.97 Å². The van der Waals surface area contributed by atoms with Gasteiger partial charge in [0.2, 0.25) is 0 Å². The number of amides is 1. The van der Waals surface area contributed by atoms with Crippen molar-refractivity contribution < 1.29 is 9.72 Å². The van der Waals surface area contributed by atoms with E-state index in [1.165, 1.54) is 12.1 Å². The summed E-state index contributed by atoms with van der Waals surface area (Å²) >= 11 is 0. The maximum atomic E-state index is 13.1. The van der Waals surface area contributed by atoms with Crippen LogP contribution in [0.4, 0.5) is 17.1 Å². The Balaban J connectivity index is 1.36. The van der Waals surface area contributed by atoms with E-state index in [9.17, 15) is 14.9 Å². The summed E-state index contributed by atoms with van der Waals surface area (Å²) in [5.41, 5.74) is 6.13. The lowest BCUT2D eigenvalue weighted by atomic mass is 9.99. The summed E-state index contributed by atoms with van der Waals surface area (Å²) in [6, 6.07) is 31.4. The molecule has 0 fully saturated rings. The Hall–Kier alpha value is -5.50. The molecule has 2 heterocycles. The number of imidazole rings is 1. The smallest absolute Gasteiger partial charge is 0.270 e. The number of hydrogen-bond acceptors (Lipinski definition) is 5. The zero-order valence-corrected chi connectivity index (χ0v) is 20.0. The number of nitrogens with one attached hydrogen (secondary N) is 3. The van der Waals surface area contributed by atoms with Gasteiger partial charge in [0.25, 0.3) is 11.6 Å². The minimum atomic E-state index is -0.465. The molecule has 1 aromatic heterocycles. The molecule has 0 bridgehead atoms. The average molecular weight is 500 g/mol. The van der Waals surface area contributed by atoms with Gasteiger partial charge in [-0.05, 0) is 23.8 Å². The van der Waals surface area contributed by atoms with Crippen molar-refractivity contribution in [2.24, 2.45) is 0 Å². The van der Waals surface area contributed by atoms with Crippen molar-refractivity contribution in [3.05, 3.63) is 131 Å². The van der Waals surface area contributed by atoms with E-state index in [0.29, 0.717) is 22.5 Å². The molecular weight excluding hydrogens is 478 g/mol. The number of anilines is 2. The van der Waals surface area contributed by atoms with Crippen molar-refractivity contribution >= 4 is 34.2 Å². The van der Waals surface area contributed by atoms with Crippen molar-refractivity contribution in [1.29, 1.82) is 0 Å². The van der Waals surface area contributed by atoms with E-state index in [2.05, 4.69) is 15.6 Å². The topological polar surface area (TPSA) is 113 Å². The van der Waals surface area contributed by atoms with Gasteiger partial charge in [0.05, 0.1) is 21.9 Å². The predicted octanol–water partition coefficient (Wildman–Crippen LogP) is 6.58. The molecule has 8 heteroatoms. The summed E-state index contributed by atoms with van der Waals surface area (Å²) in [6.45, 7) is 0. The Kier molecular flexibility index (Phi) is 5.74. The van der Waals surface area contributed by atoms with Crippen LogP contribution in [0.3, 0.4) is 0 Å².